The third-order valence-corrected chi connectivity index (χ3v) is 2.43. The summed E-state index contributed by atoms with van der Waals surface area (Å²) in [6.07, 6.45) is 1.05. The fraction of sp³-hybridized carbons (Fsp3) is 0.455. The van der Waals surface area contributed by atoms with Crippen LogP contribution in [0.4, 0.5) is 0 Å². The molecule has 0 bridgehead atoms. The van der Waals surface area contributed by atoms with E-state index < -0.39 is 0 Å². The Morgan fingerprint density at radius 2 is 2.14 bits per heavy atom. The summed E-state index contributed by atoms with van der Waals surface area (Å²) in [7, 11) is 0. The van der Waals surface area contributed by atoms with Gasteiger partial charge in [0.1, 0.15) is 5.52 Å². The minimum Gasteiger partial charge on any atom is -0.242 e. The lowest BCUT2D eigenvalue weighted by Gasteiger charge is -2.05. The lowest BCUT2D eigenvalue weighted by Crippen LogP contribution is -2.02. The van der Waals surface area contributed by atoms with Crippen LogP contribution in [0.2, 0.25) is 0 Å². The SMILES string of the molecule is CCc1ccc2nnn(C(C)C)c2c1. The van der Waals surface area contributed by atoms with Crippen LogP contribution in [0.25, 0.3) is 11.0 Å². The van der Waals surface area contributed by atoms with Crippen LogP contribution in [-0.4, -0.2) is 15.0 Å². The minimum atomic E-state index is 0.368. The zero-order valence-corrected chi connectivity index (χ0v) is 8.86. The Bertz CT molecular complexity index is 443. The molecule has 0 spiro atoms. The number of aryl methyl sites for hydroxylation is 1. The van der Waals surface area contributed by atoms with Crippen LogP contribution in [0.3, 0.4) is 0 Å². The molecule has 0 amide bonds. The van der Waals surface area contributed by atoms with E-state index >= 15 is 0 Å². The van der Waals surface area contributed by atoms with Crippen molar-refractivity contribution < 1.29 is 0 Å². The zero-order valence-electron chi connectivity index (χ0n) is 8.86. The molecule has 2 aromatic rings. The number of hydrogen-bond donors (Lipinski definition) is 0. The monoisotopic (exact) mass is 189 g/mol. The highest BCUT2D eigenvalue weighted by Crippen LogP contribution is 2.17. The van der Waals surface area contributed by atoms with E-state index in [1.165, 1.54) is 5.56 Å². The average Bonchev–Trinajstić information content (AvgIpc) is 2.59. The first-order chi connectivity index (χ1) is 6.72. The maximum atomic E-state index is 4.14. The number of benzene rings is 1. The van der Waals surface area contributed by atoms with Crippen LogP contribution in [-0.2, 0) is 6.42 Å². The van der Waals surface area contributed by atoms with Gasteiger partial charge in [-0.25, -0.2) is 4.68 Å². The summed E-state index contributed by atoms with van der Waals surface area (Å²) < 4.78 is 1.97. The predicted molar refractivity (Wildman–Crippen MR) is 57.3 cm³/mol. The Morgan fingerprint density at radius 1 is 1.36 bits per heavy atom. The number of nitrogens with zero attached hydrogens (tertiary/aromatic N) is 3. The second-order valence-corrected chi connectivity index (χ2v) is 3.80. The molecule has 0 radical (unpaired) electrons. The van der Waals surface area contributed by atoms with Gasteiger partial charge in [-0.05, 0) is 38.0 Å². The van der Waals surface area contributed by atoms with Gasteiger partial charge in [0.25, 0.3) is 0 Å². The molecule has 3 nitrogen and oxygen atoms in total. The van der Waals surface area contributed by atoms with Crippen LogP contribution in [0, 0.1) is 0 Å². The van der Waals surface area contributed by atoms with Gasteiger partial charge in [0.15, 0.2) is 0 Å². The summed E-state index contributed by atoms with van der Waals surface area (Å²) in [5.41, 5.74) is 3.46. The van der Waals surface area contributed by atoms with Crippen molar-refractivity contribution in [3.8, 4) is 0 Å². The summed E-state index contributed by atoms with van der Waals surface area (Å²) in [6, 6.07) is 6.70. The van der Waals surface area contributed by atoms with Gasteiger partial charge in [-0.1, -0.05) is 18.2 Å². The van der Waals surface area contributed by atoms with Gasteiger partial charge < -0.3 is 0 Å². The van der Waals surface area contributed by atoms with E-state index in [9.17, 15) is 0 Å². The smallest absolute Gasteiger partial charge is 0.113 e. The summed E-state index contributed by atoms with van der Waals surface area (Å²) in [5, 5.41) is 8.27. The van der Waals surface area contributed by atoms with E-state index in [0.29, 0.717) is 6.04 Å². The predicted octanol–water partition coefficient (Wildman–Crippen LogP) is 2.57. The van der Waals surface area contributed by atoms with E-state index in [1.54, 1.807) is 0 Å². The Kier molecular flexibility index (Phi) is 2.23. The second-order valence-electron chi connectivity index (χ2n) is 3.80. The zero-order chi connectivity index (χ0) is 10.1. The first-order valence-electron chi connectivity index (χ1n) is 5.06. The quantitative estimate of drug-likeness (QED) is 0.727. The highest BCUT2D eigenvalue weighted by Gasteiger charge is 2.06. The molecule has 0 aliphatic carbocycles. The topological polar surface area (TPSA) is 30.7 Å². The van der Waals surface area contributed by atoms with Crippen LogP contribution in [0.1, 0.15) is 32.4 Å². The number of fused-ring (bicyclic) bond motifs is 1. The molecule has 1 aromatic carbocycles. The maximum Gasteiger partial charge on any atom is 0.113 e. The standard InChI is InChI=1S/C11H15N3/c1-4-9-5-6-10-11(7-9)14(8(2)3)13-12-10/h5-8H,4H2,1-3H3. The van der Waals surface area contributed by atoms with Gasteiger partial charge in [-0.3, -0.25) is 0 Å². The van der Waals surface area contributed by atoms with Crippen molar-refractivity contribution in [1.82, 2.24) is 15.0 Å². The molecular weight excluding hydrogens is 174 g/mol. The lowest BCUT2D eigenvalue weighted by molar-refractivity contribution is 0.530. The van der Waals surface area contributed by atoms with E-state index in [4.69, 9.17) is 0 Å². The van der Waals surface area contributed by atoms with Gasteiger partial charge in [0.05, 0.1) is 5.52 Å². The molecular formula is C11H15N3. The van der Waals surface area contributed by atoms with Crippen LogP contribution < -0.4 is 0 Å². The van der Waals surface area contributed by atoms with E-state index in [1.807, 2.05) is 10.7 Å². The van der Waals surface area contributed by atoms with Crippen LogP contribution in [0.15, 0.2) is 18.2 Å². The third kappa shape index (κ3) is 1.39. The highest BCUT2D eigenvalue weighted by atomic mass is 15.4. The third-order valence-electron chi connectivity index (χ3n) is 2.43. The Balaban J connectivity index is 2.63. The molecule has 1 heterocycles. The summed E-state index contributed by atoms with van der Waals surface area (Å²) in [4.78, 5) is 0. The molecule has 1 aromatic heterocycles. The van der Waals surface area contributed by atoms with Gasteiger partial charge in [0, 0.05) is 6.04 Å². The number of rotatable bonds is 2. The second kappa shape index (κ2) is 3.40. The molecule has 0 atom stereocenters. The highest BCUT2D eigenvalue weighted by molar-refractivity contribution is 5.75. The Hall–Kier alpha value is -1.38. The van der Waals surface area contributed by atoms with Crippen LogP contribution in [0.5, 0.6) is 0 Å². The van der Waals surface area contributed by atoms with Gasteiger partial charge in [0.2, 0.25) is 0 Å². The largest absolute Gasteiger partial charge is 0.242 e. The fourth-order valence-electron chi connectivity index (χ4n) is 1.58. The molecule has 0 aliphatic heterocycles. The summed E-state index contributed by atoms with van der Waals surface area (Å²) in [6.45, 7) is 6.39. The van der Waals surface area contributed by atoms with E-state index in [0.717, 1.165) is 17.5 Å². The average molecular weight is 189 g/mol. The molecule has 3 heteroatoms. The molecule has 0 unspecified atom stereocenters. The Labute approximate surface area is 83.7 Å². The Morgan fingerprint density at radius 3 is 2.79 bits per heavy atom. The number of hydrogen-bond acceptors (Lipinski definition) is 2. The molecule has 74 valence electrons. The molecule has 0 N–H and O–H groups in total. The van der Waals surface area contributed by atoms with Crippen molar-refractivity contribution in [3.63, 3.8) is 0 Å². The van der Waals surface area contributed by atoms with Crippen molar-refractivity contribution in [1.29, 1.82) is 0 Å². The minimum absolute atomic E-state index is 0.368. The molecule has 0 saturated carbocycles. The van der Waals surface area contributed by atoms with E-state index in [2.05, 4.69) is 43.2 Å². The van der Waals surface area contributed by atoms with Crippen molar-refractivity contribution in [2.24, 2.45) is 0 Å². The van der Waals surface area contributed by atoms with Gasteiger partial charge >= 0.3 is 0 Å². The molecule has 2 rings (SSSR count). The first kappa shape index (κ1) is 9.19. The fourth-order valence-corrected chi connectivity index (χ4v) is 1.58. The molecule has 0 fully saturated rings. The van der Waals surface area contributed by atoms with Crippen molar-refractivity contribution in [2.75, 3.05) is 0 Å². The first-order valence-corrected chi connectivity index (χ1v) is 5.06. The summed E-state index contributed by atoms with van der Waals surface area (Å²) in [5.74, 6) is 0. The normalized spacial score (nSPS) is 11.4. The van der Waals surface area contributed by atoms with E-state index in [-0.39, 0.29) is 0 Å². The molecule has 14 heavy (non-hydrogen) atoms. The van der Waals surface area contributed by atoms with Crippen molar-refractivity contribution in [3.05, 3.63) is 23.8 Å². The molecule has 0 saturated heterocycles. The van der Waals surface area contributed by atoms with Gasteiger partial charge in [-0.15, -0.1) is 5.10 Å². The maximum absolute atomic E-state index is 4.14. The van der Waals surface area contributed by atoms with Crippen LogP contribution >= 0.6 is 0 Å². The summed E-state index contributed by atoms with van der Waals surface area (Å²) >= 11 is 0. The van der Waals surface area contributed by atoms with Crippen molar-refractivity contribution in [2.45, 2.75) is 33.2 Å². The van der Waals surface area contributed by atoms with Crippen molar-refractivity contribution >= 4 is 11.0 Å². The number of aromatic nitrogens is 3. The molecule has 0 aliphatic rings. The van der Waals surface area contributed by atoms with Gasteiger partial charge in [-0.2, -0.15) is 0 Å². The lowest BCUT2D eigenvalue weighted by atomic mass is 10.1.